The van der Waals surface area contributed by atoms with Gasteiger partial charge in [0.1, 0.15) is 24.4 Å². The summed E-state index contributed by atoms with van der Waals surface area (Å²) in [6.45, 7) is 0.892. The number of ether oxygens (including phenoxy) is 2. The number of terminal acetylenes is 1. The maximum atomic E-state index is 5.62. The number of methoxy groups -OCH3 is 2. The minimum atomic E-state index is 0.367. The van der Waals surface area contributed by atoms with Crippen molar-refractivity contribution in [2.24, 2.45) is 0 Å². The highest BCUT2D eigenvalue weighted by molar-refractivity contribution is 5.71. The summed E-state index contributed by atoms with van der Waals surface area (Å²) >= 11 is 0. The summed E-state index contributed by atoms with van der Waals surface area (Å²) in [6.07, 6.45) is 7.36. The van der Waals surface area contributed by atoms with Crippen molar-refractivity contribution in [2.45, 2.75) is 13.2 Å². The van der Waals surface area contributed by atoms with Crippen molar-refractivity contribution in [1.29, 1.82) is 0 Å². The molecule has 1 aromatic carbocycles. The fourth-order valence-corrected chi connectivity index (χ4v) is 2.97. The van der Waals surface area contributed by atoms with Crippen molar-refractivity contribution in [1.82, 2.24) is 24.3 Å². The van der Waals surface area contributed by atoms with Crippen LogP contribution in [0.25, 0.3) is 17.1 Å². The summed E-state index contributed by atoms with van der Waals surface area (Å²) in [6, 6.07) is 5.82. The van der Waals surface area contributed by atoms with Crippen LogP contribution < -0.4 is 4.74 Å². The Labute approximate surface area is 138 Å². The van der Waals surface area contributed by atoms with Crippen LogP contribution in [0.4, 0.5) is 0 Å². The maximum Gasteiger partial charge on any atom is 0.166 e. The van der Waals surface area contributed by atoms with Crippen molar-refractivity contribution >= 4 is 0 Å². The van der Waals surface area contributed by atoms with Gasteiger partial charge in [0, 0.05) is 12.7 Å². The molecule has 0 amide bonds. The molecule has 2 aromatic heterocycles. The highest BCUT2D eigenvalue weighted by atomic mass is 16.5. The molecule has 1 aliphatic rings. The van der Waals surface area contributed by atoms with Gasteiger partial charge in [-0.05, 0) is 24.1 Å². The van der Waals surface area contributed by atoms with Gasteiger partial charge >= 0.3 is 0 Å². The van der Waals surface area contributed by atoms with Crippen LogP contribution in [0.3, 0.4) is 0 Å². The average molecular weight is 321 g/mol. The van der Waals surface area contributed by atoms with Gasteiger partial charge in [-0.15, -0.1) is 16.6 Å². The van der Waals surface area contributed by atoms with Crippen LogP contribution in [0.2, 0.25) is 0 Å². The van der Waals surface area contributed by atoms with E-state index in [1.54, 1.807) is 20.5 Å². The monoisotopic (exact) mass is 321 g/mol. The second-order valence-corrected chi connectivity index (χ2v) is 5.40. The van der Waals surface area contributed by atoms with Gasteiger partial charge in [0.05, 0.1) is 25.0 Å². The number of benzene rings is 1. The summed E-state index contributed by atoms with van der Waals surface area (Å²) in [4.78, 5) is 4.34. The van der Waals surface area contributed by atoms with Crippen molar-refractivity contribution in [2.75, 3.05) is 14.2 Å². The molecule has 0 saturated carbocycles. The van der Waals surface area contributed by atoms with E-state index < -0.39 is 0 Å². The van der Waals surface area contributed by atoms with Crippen LogP contribution >= 0.6 is 0 Å². The summed E-state index contributed by atoms with van der Waals surface area (Å²) < 4.78 is 14.6. The molecule has 0 spiro atoms. The van der Waals surface area contributed by atoms with Crippen LogP contribution in [0.1, 0.15) is 17.2 Å². The molecule has 0 radical (unpaired) electrons. The van der Waals surface area contributed by atoms with E-state index in [1.807, 2.05) is 27.3 Å². The first-order valence-electron chi connectivity index (χ1n) is 7.39. The third-order valence-corrected chi connectivity index (χ3v) is 4.12. The molecule has 0 bridgehead atoms. The Hall–Kier alpha value is -3.11. The first-order chi connectivity index (χ1) is 11.8. The third-order valence-electron chi connectivity index (χ3n) is 4.12. The van der Waals surface area contributed by atoms with E-state index in [1.165, 1.54) is 0 Å². The third kappa shape index (κ3) is 2.01. The van der Waals surface area contributed by atoms with Gasteiger partial charge < -0.3 is 14.0 Å². The van der Waals surface area contributed by atoms with E-state index in [2.05, 4.69) is 21.1 Å². The molecule has 7 heteroatoms. The summed E-state index contributed by atoms with van der Waals surface area (Å²) in [7, 11) is 3.27. The molecule has 0 unspecified atom stereocenters. The van der Waals surface area contributed by atoms with Crippen LogP contribution in [0.5, 0.6) is 5.75 Å². The molecule has 7 nitrogen and oxygen atoms in total. The van der Waals surface area contributed by atoms with Gasteiger partial charge in [-0.2, -0.15) is 0 Å². The lowest BCUT2D eigenvalue weighted by Gasteiger charge is -2.09. The lowest BCUT2D eigenvalue weighted by molar-refractivity contribution is 0.174. The topological polar surface area (TPSA) is 67.0 Å². The second-order valence-electron chi connectivity index (χ2n) is 5.40. The molecule has 3 aromatic rings. The van der Waals surface area contributed by atoms with Crippen LogP contribution in [-0.2, 0) is 17.9 Å². The molecule has 0 fully saturated rings. The maximum absolute atomic E-state index is 5.62. The molecule has 0 aliphatic carbocycles. The molecule has 120 valence electrons. The minimum Gasteiger partial charge on any atom is -0.497 e. The van der Waals surface area contributed by atoms with Crippen molar-refractivity contribution in [3.05, 3.63) is 41.7 Å². The average Bonchev–Trinajstić information content (AvgIpc) is 3.16. The highest BCUT2D eigenvalue weighted by Gasteiger charge is 2.25. The molecule has 3 heterocycles. The number of imidazole rings is 1. The number of rotatable bonds is 3. The number of aromatic nitrogens is 5. The van der Waals surface area contributed by atoms with Crippen molar-refractivity contribution in [3.8, 4) is 35.2 Å². The lowest BCUT2D eigenvalue weighted by atomic mass is 10.1. The molecule has 4 rings (SSSR count). The molecular weight excluding hydrogens is 306 g/mol. The Kier molecular flexibility index (Phi) is 3.32. The van der Waals surface area contributed by atoms with Crippen molar-refractivity contribution < 1.29 is 9.47 Å². The summed E-state index contributed by atoms with van der Waals surface area (Å²) in [5.41, 5.74) is 3.38. The molecule has 0 atom stereocenters. The highest BCUT2D eigenvalue weighted by Crippen LogP contribution is 2.34. The van der Waals surface area contributed by atoms with Crippen LogP contribution in [-0.4, -0.2) is 38.5 Å². The summed E-state index contributed by atoms with van der Waals surface area (Å²) in [5.74, 6) is 4.88. The fourth-order valence-electron chi connectivity index (χ4n) is 2.97. The number of fused-ring (bicyclic) bond motifs is 5. The lowest BCUT2D eigenvalue weighted by Crippen LogP contribution is -2.09. The SMILES string of the molecule is C#Cc1ncn2c1Cn1c(COC)nnc1-c1cc(OC)ccc1-2. The predicted molar refractivity (Wildman–Crippen MR) is 86.9 cm³/mol. The number of hydrogen-bond donors (Lipinski definition) is 0. The van der Waals surface area contributed by atoms with Crippen molar-refractivity contribution in [3.63, 3.8) is 0 Å². The Bertz CT molecular complexity index is 964. The van der Waals surface area contributed by atoms with Gasteiger partial charge in [-0.1, -0.05) is 0 Å². The summed E-state index contributed by atoms with van der Waals surface area (Å²) in [5, 5.41) is 8.62. The van der Waals surface area contributed by atoms with Gasteiger partial charge in [-0.3, -0.25) is 4.57 Å². The standard InChI is InChI=1S/C17H15N5O2/c1-4-13-15-8-21-16(9-23-2)19-20-17(21)12-7-11(24-3)5-6-14(12)22(15)10-18-13/h1,5-7,10H,8-9H2,2-3H3. The molecular formula is C17H15N5O2. The largest absolute Gasteiger partial charge is 0.497 e. The van der Waals surface area contributed by atoms with E-state index in [-0.39, 0.29) is 0 Å². The van der Waals surface area contributed by atoms with E-state index in [4.69, 9.17) is 15.9 Å². The minimum absolute atomic E-state index is 0.367. The molecule has 0 N–H and O–H groups in total. The van der Waals surface area contributed by atoms with E-state index >= 15 is 0 Å². The van der Waals surface area contributed by atoms with Crippen LogP contribution in [0, 0.1) is 12.3 Å². The zero-order valence-corrected chi connectivity index (χ0v) is 13.4. The Morgan fingerprint density at radius 3 is 2.92 bits per heavy atom. The first kappa shape index (κ1) is 14.5. The van der Waals surface area contributed by atoms with E-state index in [9.17, 15) is 0 Å². The molecule has 24 heavy (non-hydrogen) atoms. The smallest absolute Gasteiger partial charge is 0.166 e. The van der Waals surface area contributed by atoms with Gasteiger partial charge in [0.25, 0.3) is 0 Å². The van der Waals surface area contributed by atoms with Gasteiger partial charge in [0.15, 0.2) is 11.6 Å². The second kappa shape index (κ2) is 5.51. The molecule has 1 aliphatic heterocycles. The van der Waals surface area contributed by atoms with E-state index in [0.29, 0.717) is 18.8 Å². The number of hydrogen-bond acceptors (Lipinski definition) is 5. The van der Waals surface area contributed by atoms with Gasteiger partial charge in [0.2, 0.25) is 0 Å². The Balaban J connectivity index is 2.03. The quantitative estimate of drug-likeness (QED) is 0.537. The number of nitrogens with zero attached hydrogens (tertiary/aromatic N) is 5. The zero-order valence-electron chi connectivity index (χ0n) is 13.4. The van der Waals surface area contributed by atoms with E-state index in [0.717, 1.165) is 34.3 Å². The first-order valence-corrected chi connectivity index (χ1v) is 7.39. The Morgan fingerprint density at radius 2 is 2.17 bits per heavy atom. The van der Waals surface area contributed by atoms with Gasteiger partial charge in [-0.25, -0.2) is 4.98 Å². The Morgan fingerprint density at radius 1 is 1.29 bits per heavy atom. The zero-order chi connectivity index (χ0) is 16.7. The van der Waals surface area contributed by atoms with Crippen LogP contribution in [0.15, 0.2) is 24.5 Å². The normalized spacial score (nSPS) is 11.9. The predicted octanol–water partition coefficient (Wildman–Crippen LogP) is 1.63. The fraction of sp³-hybridized carbons (Fsp3) is 0.235. The molecule has 0 saturated heterocycles.